The van der Waals surface area contributed by atoms with Gasteiger partial charge < -0.3 is 11.1 Å². The van der Waals surface area contributed by atoms with Crippen LogP contribution in [0.5, 0.6) is 0 Å². The number of hydrogen-bond acceptors (Lipinski definition) is 3. The molecule has 1 heterocycles. The average Bonchev–Trinajstić information content (AvgIpc) is 2.45. The van der Waals surface area contributed by atoms with Crippen molar-refractivity contribution in [3.63, 3.8) is 0 Å². The number of carbonyl (C=O) groups is 1. The number of nitrogens with one attached hydrogen (secondary N) is 1. The van der Waals surface area contributed by atoms with Gasteiger partial charge >= 0.3 is 6.18 Å². The quantitative estimate of drug-likeness (QED) is 0.841. The van der Waals surface area contributed by atoms with Gasteiger partial charge in [0.25, 0.3) is 5.91 Å². The first-order valence-corrected chi connectivity index (χ1v) is 7.80. The number of amides is 1. The summed E-state index contributed by atoms with van der Waals surface area (Å²) >= 11 is 1.79. The number of carbonyl (C=O) groups excluding carboxylic acids is 1. The first-order chi connectivity index (χ1) is 9.89. The minimum atomic E-state index is -4.56. The first kappa shape index (κ1) is 16.0. The van der Waals surface area contributed by atoms with Crippen molar-refractivity contribution in [2.45, 2.75) is 30.7 Å². The molecule has 1 fully saturated rings. The van der Waals surface area contributed by atoms with Gasteiger partial charge in [-0.15, -0.1) is 0 Å². The highest BCUT2D eigenvalue weighted by Crippen LogP contribution is 2.35. The van der Waals surface area contributed by atoms with E-state index >= 15 is 0 Å². The Morgan fingerprint density at radius 2 is 2.14 bits per heavy atom. The van der Waals surface area contributed by atoms with Crippen molar-refractivity contribution in [2.24, 2.45) is 0 Å². The fourth-order valence-corrected chi connectivity index (χ4v) is 3.52. The third-order valence-electron chi connectivity index (χ3n) is 3.42. The van der Waals surface area contributed by atoms with Crippen molar-refractivity contribution >= 4 is 23.4 Å². The molecule has 1 amide bonds. The average molecular weight is 318 g/mol. The summed E-state index contributed by atoms with van der Waals surface area (Å²) in [5.74, 6) is 0.511. The van der Waals surface area contributed by atoms with Crippen molar-refractivity contribution < 1.29 is 18.0 Å². The lowest BCUT2D eigenvalue weighted by atomic mass is 10.1. The van der Waals surface area contributed by atoms with E-state index in [2.05, 4.69) is 5.32 Å². The molecule has 116 valence electrons. The molecule has 2 rings (SSSR count). The third kappa shape index (κ3) is 4.06. The molecule has 0 saturated carbocycles. The maximum absolute atomic E-state index is 12.8. The summed E-state index contributed by atoms with van der Waals surface area (Å²) in [5, 5.41) is 3.01. The van der Waals surface area contributed by atoms with E-state index in [1.54, 1.807) is 11.8 Å². The van der Waals surface area contributed by atoms with Gasteiger partial charge in [-0.3, -0.25) is 4.79 Å². The number of para-hydroxylation sites is 1. The van der Waals surface area contributed by atoms with Crippen molar-refractivity contribution in [1.82, 2.24) is 5.32 Å². The number of alkyl halides is 3. The lowest BCUT2D eigenvalue weighted by Gasteiger charge is -2.21. The molecule has 1 aliphatic heterocycles. The van der Waals surface area contributed by atoms with Crippen LogP contribution in [0.1, 0.15) is 35.2 Å². The summed E-state index contributed by atoms with van der Waals surface area (Å²) in [7, 11) is 0. The maximum atomic E-state index is 12.8. The van der Waals surface area contributed by atoms with Gasteiger partial charge in [-0.05, 0) is 30.7 Å². The number of nitrogen functional groups attached to an aromatic ring is 1. The number of nitrogens with two attached hydrogens (primary N) is 1. The summed E-state index contributed by atoms with van der Waals surface area (Å²) in [6, 6.07) is 3.39. The smallest absolute Gasteiger partial charge is 0.398 e. The van der Waals surface area contributed by atoms with Gasteiger partial charge in [0, 0.05) is 11.8 Å². The monoisotopic (exact) mass is 318 g/mol. The van der Waals surface area contributed by atoms with Crippen LogP contribution in [0.2, 0.25) is 0 Å². The molecule has 7 heteroatoms. The largest absolute Gasteiger partial charge is 0.418 e. The second kappa shape index (κ2) is 6.60. The first-order valence-electron chi connectivity index (χ1n) is 6.75. The van der Waals surface area contributed by atoms with Gasteiger partial charge in [0.1, 0.15) is 0 Å². The second-order valence-electron chi connectivity index (χ2n) is 4.96. The van der Waals surface area contributed by atoms with Crippen molar-refractivity contribution in [3.05, 3.63) is 29.3 Å². The van der Waals surface area contributed by atoms with Crippen LogP contribution in [0.25, 0.3) is 0 Å². The number of rotatable bonds is 3. The van der Waals surface area contributed by atoms with E-state index in [9.17, 15) is 18.0 Å². The predicted molar refractivity (Wildman–Crippen MR) is 78.3 cm³/mol. The molecule has 1 aromatic rings. The molecule has 0 radical (unpaired) electrons. The van der Waals surface area contributed by atoms with Crippen LogP contribution in [0.15, 0.2) is 18.2 Å². The highest BCUT2D eigenvalue weighted by molar-refractivity contribution is 7.99. The Bertz CT molecular complexity index is 513. The van der Waals surface area contributed by atoms with Crippen LogP contribution in [-0.2, 0) is 6.18 Å². The van der Waals surface area contributed by atoms with E-state index in [0.717, 1.165) is 24.7 Å². The summed E-state index contributed by atoms with van der Waals surface area (Å²) in [6.45, 7) is 0.458. The molecular formula is C14H17F3N2OS. The number of benzene rings is 1. The molecule has 3 nitrogen and oxygen atoms in total. The Kier molecular flexibility index (Phi) is 5.03. The van der Waals surface area contributed by atoms with E-state index in [1.165, 1.54) is 18.6 Å². The van der Waals surface area contributed by atoms with Crippen LogP contribution in [0.4, 0.5) is 18.9 Å². The SMILES string of the molecule is Nc1c(C(=O)NCC2CCCCS2)cccc1C(F)(F)F. The molecule has 1 aromatic carbocycles. The fraction of sp³-hybridized carbons (Fsp3) is 0.500. The van der Waals surface area contributed by atoms with Crippen molar-refractivity contribution in [3.8, 4) is 0 Å². The maximum Gasteiger partial charge on any atom is 0.418 e. The zero-order chi connectivity index (χ0) is 15.5. The van der Waals surface area contributed by atoms with Gasteiger partial charge in [0.15, 0.2) is 0 Å². The molecule has 1 aliphatic rings. The molecule has 21 heavy (non-hydrogen) atoms. The van der Waals surface area contributed by atoms with E-state index in [-0.39, 0.29) is 5.56 Å². The fourth-order valence-electron chi connectivity index (χ4n) is 2.28. The lowest BCUT2D eigenvalue weighted by Crippen LogP contribution is -2.32. The van der Waals surface area contributed by atoms with E-state index in [0.29, 0.717) is 11.8 Å². The Labute approximate surface area is 125 Å². The predicted octanol–water partition coefficient (Wildman–Crippen LogP) is 3.30. The Morgan fingerprint density at radius 3 is 2.76 bits per heavy atom. The summed E-state index contributed by atoms with van der Waals surface area (Å²) in [4.78, 5) is 12.0. The van der Waals surface area contributed by atoms with Gasteiger partial charge in [-0.2, -0.15) is 24.9 Å². The molecule has 0 spiro atoms. The standard InChI is InChI=1S/C14H17F3N2OS/c15-14(16,17)11-6-3-5-10(12(11)18)13(20)19-8-9-4-1-2-7-21-9/h3,5-6,9H,1-2,4,7-8,18H2,(H,19,20). The zero-order valence-electron chi connectivity index (χ0n) is 11.4. The van der Waals surface area contributed by atoms with Crippen LogP contribution < -0.4 is 11.1 Å². The summed E-state index contributed by atoms with van der Waals surface area (Å²) in [6.07, 6.45) is -1.24. The third-order valence-corrected chi connectivity index (χ3v) is 4.82. The molecule has 0 aliphatic carbocycles. The zero-order valence-corrected chi connectivity index (χ0v) is 12.2. The van der Waals surface area contributed by atoms with E-state index in [4.69, 9.17) is 5.73 Å². The lowest BCUT2D eigenvalue weighted by molar-refractivity contribution is -0.136. The van der Waals surface area contributed by atoms with Crippen molar-refractivity contribution in [2.75, 3.05) is 18.0 Å². The van der Waals surface area contributed by atoms with Crippen molar-refractivity contribution in [1.29, 1.82) is 0 Å². The van der Waals surface area contributed by atoms with Gasteiger partial charge in [-0.1, -0.05) is 12.5 Å². The Hall–Kier alpha value is -1.37. The van der Waals surface area contributed by atoms with E-state index < -0.39 is 23.3 Å². The van der Waals surface area contributed by atoms with E-state index in [1.807, 2.05) is 0 Å². The minimum absolute atomic E-state index is 0.120. The topological polar surface area (TPSA) is 55.1 Å². The minimum Gasteiger partial charge on any atom is -0.398 e. The molecule has 3 N–H and O–H groups in total. The summed E-state index contributed by atoms with van der Waals surface area (Å²) < 4.78 is 38.3. The molecular weight excluding hydrogens is 301 g/mol. The number of anilines is 1. The normalized spacial score (nSPS) is 19.3. The van der Waals surface area contributed by atoms with Gasteiger partial charge in [-0.25, -0.2) is 0 Å². The Morgan fingerprint density at radius 1 is 1.38 bits per heavy atom. The van der Waals surface area contributed by atoms with Crippen LogP contribution in [0.3, 0.4) is 0 Å². The summed E-state index contributed by atoms with van der Waals surface area (Å²) in [5.41, 5.74) is 3.89. The molecule has 1 saturated heterocycles. The second-order valence-corrected chi connectivity index (χ2v) is 6.37. The Balaban J connectivity index is 2.05. The molecule has 1 atom stereocenters. The molecule has 1 unspecified atom stereocenters. The highest BCUT2D eigenvalue weighted by atomic mass is 32.2. The molecule has 0 bridgehead atoms. The van der Waals surface area contributed by atoms with Crippen LogP contribution in [-0.4, -0.2) is 23.5 Å². The van der Waals surface area contributed by atoms with Crippen LogP contribution in [0, 0.1) is 0 Å². The number of thioether (sulfide) groups is 1. The van der Waals surface area contributed by atoms with Crippen LogP contribution >= 0.6 is 11.8 Å². The molecule has 0 aromatic heterocycles. The van der Waals surface area contributed by atoms with Gasteiger partial charge in [0.2, 0.25) is 0 Å². The number of hydrogen-bond donors (Lipinski definition) is 2. The highest BCUT2D eigenvalue weighted by Gasteiger charge is 2.34. The van der Waals surface area contributed by atoms with Gasteiger partial charge in [0.05, 0.1) is 16.8 Å². The number of halogens is 3.